The van der Waals surface area contributed by atoms with Crippen LogP contribution < -0.4 is 20.3 Å². The Kier molecular flexibility index (Phi) is 7.00. The fourth-order valence-corrected chi connectivity index (χ4v) is 3.13. The summed E-state index contributed by atoms with van der Waals surface area (Å²) in [5.41, 5.74) is 1.15. The molecule has 2 N–H and O–H groups in total. The molecule has 158 valence electrons. The molecule has 1 aliphatic heterocycles. The number of benzene rings is 2. The first-order valence-electron chi connectivity index (χ1n) is 9.82. The molecule has 0 unspecified atom stereocenters. The molecule has 0 aromatic heterocycles. The quantitative estimate of drug-likeness (QED) is 0.697. The molecule has 3 rings (SSSR count). The zero-order chi connectivity index (χ0) is 21.5. The van der Waals surface area contributed by atoms with Crippen molar-refractivity contribution in [3.05, 3.63) is 54.3 Å². The summed E-state index contributed by atoms with van der Waals surface area (Å²) in [5, 5.41) is 5.44. The highest BCUT2D eigenvalue weighted by Crippen LogP contribution is 2.27. The van der Waals surface area contributed by atoms with Gasteiger partial charge in [0.25, 0.3) is 5.91 Å². The molecule has 8 heteroatoms. The number of hydrogen-bond donors (Lipinski definition) is 2. The second-order valence-corrected chi connectivity index (χ2v) is 7.03. The van der Waals surface area contributed by atoms with Crippen LogP contribution in [0, 0.1) is 11.7 Å². The Morgan fingerprint density at radius 1 is 1.13 bits per heavy atom. The first-order chi connectivity index (χ1) is 14.5. The monoisotopic (exact) mass is 413 g/mol. The first-order valence-corrected chi connectivity index (χ1v) is 9.82. The zero-order valence-corrected chi connectivity index (χ0v) is 16.7. The average molecular weight is 413 g/mol. The summed E-state index contributed by atoms with van der Waals surface area (Å²) in [6, 6.07) is 12.2. The third-order valence-electron chi connectivity index (χ3n) is 4.69. The van der Waals surface area contributed by atoms with Gasteiger partial charge in [0, 0.05) is 30.9 Å². The molecule has 0 aliphatic carbocycles. The number of nitrogens with one attached hydrogen (secondary N) is 2. The van der Waals surface area contributed by atoms with Crippen LogP contribution in [-0.4, -0.2) is 37.4 Å². The molecular formula is C22H24FN3O4. The highest BCUT2D eigenvalue weighted by atomic mass is 19.1. The van der Waals surface area contributed by atoms with Crippen LogP contribution in [0.2, 0.25) is 0 Å². The lowest BCUT2D eigenvalue weighted by Gasteiger charge is -2.17. The molecule has 0 saturated carbocycles. The number of carbonyl (C=O) groups is 3. The highest BCUT2D eigenvalue weighted by Gasteiger charge is 2.34. The van der Waals surface area contributed by atoms with Crippen LogP contribution in [-0.2, 0) is 14.4 Å². The average Bonchev–Trinajstić information content (AvgIpc) is 3.14. The largest absolute Gasteiger partial charge is 0.484 e. The normalized spacial score (nSPS) is 15.7. The minimum absolute atomic E-state index is 0.0974. The zero-order valence-electron chi connectivity index (χ0n) is 16.7. The van der Waals surface area contributed by atoms with Crippen LogP contribution in [0.15, 0.2) is 48.5 Å². The van der Waals surface area contributed by atoms with Crippen LogP contribution in [0.4, 0.5) is 15.8 Å². The van der Waals surface area contributed by atoms with E-state index in [1.807, 2.05) is 6.92 Å². The molecule has 1 saturated heterocycles. The lowest BCUT2D eigenvalue weighted by molar-refractivity contribution is -0.126. The lowest BCUT2D eigenvalue weighted by Crippen LogP contribution is -2.33. The van der Waals surface area contributed by atoms with Crippen LogP contribution in [0.25, 0.3) is 0 Å². The maximum atomic E-state index is 12.9. The Balaban J connectivity index is 1.51. The van der Waals surface area contributed by atoms with Crippen LogP contribution in [0.5, 0.6) is 5.75 Å². The first kappa shape index (κ1) is 21.3. The van der Waals surface area contributed by atoms with Crippen molar-refractivity contribution in [3.8, 4) is 5.75 Å². The van der Waals surface area contributed by atoms with E-state index < -0.39 is 0 Å². The molecule has 0 spiro atoms. The third kappa shape index (κ3) is 5.56. The van der Waals surface area contributed by atoms with Crippen molar-refractivity contribution >= 4 is 29.1 Å². The maximum absolute atomic E-state index is 12.9. The van der Waals surface area contributed by atoms with Gasteiger partial charge in [0.15, 0.2) is 6.61 Å². The van der Waals surface area contributed by atoms with Gasteiger partial charge >= 0.3 is 0 Å². The summed E-state index contributed by atoms with van der Waals surface area (Å²) in [4.78, 5) is 37.9. The van der Waals surface area contributed by atoms with Crippen molar-refractivity contribution in [1.29, 1.82) is 0 Å². The molecule has 3 amide bonds. The van der Waals surface area contributed by atoms with Gasteiger partial charge in [-0.15, -0.1) is 0 Å². The van der Waals surface area contributed by atoms with Gasteiger partial charge in [0.05, 0.1) is 5.92 Å². The van der Waals surface area contributed by atoms with Gasteiger partial charge in [0.1, 0.15) is 11.6 Å². The molecule has 1 fully saturated rings. The predicted octanol–water partition coefficient (Wildman–Crippen LogP) is 2.72. The van der Waals surface area contributed by atoms with Crippen molar-refractivity contribution in [2.45, 2.75) is 19.8 Å². The fraction of sp³-hybridized carbons (Fsp3) is 0.318. The summed E-state index contributed by atoms with van der Waals surface area (Å²) in [6.07, 6.45) is 1.04. The number of anilines is 2. The van der Waals surface area contributed by atoms with E-state index in [0.717, 1.165) is 6.42 Å². The Hall–Kier alpha value is -3.42. The van der Waals surface area contributed by atoms with Crippen LogP contribution in [0.3, 0.4) is 0 Å². The molecule has 7 nitrogen and oxygen atoms in total. The Bertz CT molecular complexity index is 900. The topological polar surface area (TPSA) is 87.7 Å². The maximum Gasteiger partial charge on any atom is 0.262 e. The molecular weight excluding hydrogens is 389 g/mol. The Morgan fingerprint density at radius 3 is 2.50 bits per heavy atom. The molecule has 1 atom stereocenters. The number of hydrogen-bond acceptors (Lipinski definition) is 4. The number of rotatable bonds is 8. The van der Waals surface area contributed by atoms with Crippen LogP contribution >= 0.6 is 0 Å². The SMILES string of the molecule is CCCNC(=O)[C@@H]1CC(=O)N(c2ccc(OCC(=O)Nc3ccc(F)cc3)cc2)C1. The van der Waals surface area contributed by atoms with Crippen molar-refractivity contribution in [3.63, 3.8) is 0 Å². The lowest BCUT2D eigenvalue weighted by atomic mass is 10.1. The summed E-state index contributed by atoms with van der Waals surface area (Å²) in [5.74, 6) is -0.832. The van der Waals surface area contributed by atoms with Crippen molar-refractivity contribution in [2.75, 3.05) is 29.9 Å². The van der Waals surface area contributed by atoms with E-state index in [1.54, 1.807) is 29.2 Å². The van der Waals surface area contributed by atoms with Gasteiger partial charge in [0.2, 0.25) is 11.8 Å². The second-order valence-electron chi connectivity index (χ2n) is 7.03. The Morgan fingerprint density at radius 2 is 1.83 bits per heavy atom. The van der Waals surface area contributed by atoms with Gasteiger partial charge in [-0.2, -0.15) is 0 Å². The second kappa shape index (κ2) is 9.87. The molecule has 0 radical (unpaired) electrons. The number of carbonyl (C=O) groups excluding carboxylic acids is 3. The predicted molar refractivity (Wildman–Crippen MR) is 111 cm³/mol. The molecule has 30 heavy (non-hydrogen) atoms. The van der Waals surface area contributed by atoms with Crippen molar-refractivity contribution in [1.82, 2.24) is 5.32 Å². The molecule has 1 heterocycles. The van der Waals surface area contributed by atoms with E-state index in [-0.39, 0.29) is 42.5 Å². The van der Waals surface area contributed by atoms with Gasteiger partial charge in [-0.1, -0.05) is 6.92 Å². The molecule has 2 aromatic rings. The van der Waals surface area contributed by atoms with Gasteiger partial charge < -0.3 is 20.3 Å². The van der Waals surface area contributed by atoms with Gasteiger partial charge in [-0.05, 0) is 55.0 Å². The number of amides is 3. The Labute approximate surface area is 174 Å². The van der Waals surface area contributed by atoms with Crippen molar-refractivity contribution < 1.29 is 23.5 Å². The van der Waals surface area contributed by atoms with E-state index in [0.29, 0.717) is 30.2 Å². The summed E-state index contributed by atoms with van der Waals surface area (Å²) in [6.45, 7) is 2.71. The van der Waals surface area contributed by atoms with E-state index in [9.17, 15) is 18.8 Å². The summed E-state index contributed by atoms with van der Waals surface area (Å²) >= 11 is 0. The molecule has 2 aromatic carbocycles. The van der Waals surface area contributed by atoms with Gasteiger partial charge in [-0.3, -0.25) is 14.4 Å². The van der Waals surface area contributed by atoms with E-state index >= 15 is 0 Å². The van der Waals surface area contributed by atoms with E-state index in [2.05, 4.69) is 10.6 Å². The smallest absolute Gasteiger partial charge is 0.262 e. The highest BCUT2D eigenvalue weighted by molar-refractivity contribution is 6.00. The van der Waals surface area contributed by atoms with Crippen LogP contribution in [0.1, 0.15) is 19.8 Å². The number of halogens is 1. The molecule has 1 aliphatic rings. The third-order valence-corrected chi connectivity index (χ3v) is 4.69. The summed E-state index contributed by atoms with van der Waals surface area (Å²) in [7, 11) is 0. The van der Waals surface area contributed by atoms with E-state index in [4.69, 9.17) is 4.74 Å². The minimum Gasteiger partial charge on any atom is -0.484 e. The summed E-state index contributed by atoms with van der Waals surface area (Å²) < 4.78 is 18.3. The fourth-order valence-electron chi connectivity index (χ4n) is 3.13. The minimum atomic E-state index is -0.381. The van der Waals surface area contributed by atoms with Crippen molar-refractivity contribution in [2.24, 2.45) is 5.92 Å². The number of ether oxygens (including phenoxy) is 1. The number of nitrogens with zero attached hydrogens (tertiary/aromatic N) is 1. The van der Waals surface area contributed by atoms with Gasteiger partial charge in [-0.25, -0.2) is 4.39 Å². The standard InChI is InChI=1S/C22H24FN3O4/c1-2-11-24-22(29)15-12-21(28)26(13-15)18-7-9-19(10-8-18)30-14-20(27)25-17-5-3-16(23)4-6-17/h3-10,15H,2,11-14H2,1H3,(H,24,29)(H,25,27)/t15-/m1/s1. The molecule has 0 bridgehead atoms. The van der Waals surface area contributed by atoms with E-state index in [1.165, 1.54) is 24.3 Å².